The lowest BCUT2D eigenvalue weighted by Gasteiger charge is -2.10. The molecule has 0 radical (unpaired) electrons. The van der Waals surface area contributed by atoms with Gasteiger partial charge in [-0.15, -0.1) is 0 Å². The minimum atomic E-state index is -0.367. The standard InChI is InChI=1S/C22H23N5O2S/c1-2-27-15-18(20(26-27)21(29)23-17-11-7-4-8-12-17)24-22(30)25-19(28)14-13-16-9-5-3-6-10-16/h3-12,15H,2,13-14H2,1H3,(H,23,29)(H2,24,25,28,30). The van der Waals surface area contributed by atoms with Crippen molar-refractivity contribution in [3.05, 3.63) is 78.1 Å². The van der Waals surface area contributed by atoms with Crippen molar-refractivity contribution >= 4 is 40.5 Å². The molecular formula is C22H23N5O2S. The zero-order valence-electron chi connectivity index (χ0n) is 16.6. The Balaban J connectivity index is 1.60. The smallest absolute Gasteiger partial charge is 0.278 e. The number of hydrogen-bond donors (Lipinski definition) is 3. The summed E-state index contributed by atoms with van der Waals surface area (Å²) in [6, 6.07) is 18.9. The fourth-order valence-corrected chi connectivity index (χ4v) is 3.02. The fourth-order valence-electron chi connectivity index (χ4n) is 2.80. The topological polar surface area (TPSA) is 88.0 Å². The summed E-state index contributed by atoms with van der Waals surface area (Å²) in [5, 5.41) is 12.8. The molecule has 0 saturated carbocycles. The molecule has 0 fully saturated rings. The Morgan fingerprint density at radius 2 is 1.67 bits per heavy atom. The van der Waals surface area contributed by atoms with Crippen LogP contribution in [-0.2, 0) is 17.8 Å². The minimum absolute atomic E-state index is 0.123. The fraction of sp³-hybridized carbons (Fsp3) is 0.182. The van der Waals surface area contributed by atoms with E-state index in [9.17, 15) is 9.59 Å². The number of carbonyl (C=O) groups is 2. The third-order valence-electron chi connectivity index (χ3n) is 4.32. The van der Waals surface area contributed by atoms with Gasteiger partial charge in [0.25, 0.3) is 5.91 Å². The van der Waals surface area contributed by atoms with Crippen molar-refractivity contribution in [1.82, 2.24) is 15.1 Å². The van der Waals surface area contributed by atoms with Gasteiger partial charge in [0.15, 0.2) is 10.8 Å². The number of carbonyl (C=O) groups excluding carboxylic acids is 2. The molecule has 8 heteroatoms. The van der Waals surface area contributed by atoms with Gasteiger partial charge < -0.3 is 16.0 Å². The van der Waals surface area contributed by atoms with Crippen LogP contribution >= 0.6 is 12.2 Å². The van der Waals surface area contributed by atoms with E-state index in [4.69, 9.17) is 12.2 Å². The van der Waals surface area contributed by atoms with Crippen LogP contribution in [-0.4, -0.2) is 26.7 Å². The zero-order valence-corrected chi connectivity index (χ0v) is 17.4. The molecule has 0 spiro atoms. The Kier molecular flexibility index (Phi) is 7.29. The summed E-state index contributed by atoms with van der Waals surface area (Å²) >= 11 is 5.25. The van der Waals surface area contributed by atoms with Crippen molar-refractivity contribution in [3.63, 3.8) is 0 Å². The van der Waals surface area contributed by atoms with Crippen molar-refractivity contribution in [2.45, 2.75) is 26.3 Å². The SMILES string of the molecule is CCn1cc(NC(=S)NC(=O)CCc2ccccc2)c(C(=O)Nc2ccccc2)n1. The number of hydrogen-bond acceptors (Lipinski definition) is 4. The van der Waals surface area contributed by atoms with Gasteiger partial charge >= 0.3 is 0 Å². The highest BCUT2D eigenvalue weighted by atomic mass is 32.1. The van der Waals surface area contributed by atoms with E-state index < -0.39 is 0 Å². The Labute approximate surface area is 180 Å². The molecule has 3 aromatic rings. The summed E-state index contributed by atoms with van der Waals surface area (Å²) < 4.78 is 1.63. The van der Waals surface area contributed by atoms with Gasteiger partial charge in [0, 0.05) is 24.8 Å². The third kappa shape index (κ3) is 5.99. The average molecular weight is 422 g/mol. The maximum Gasteiger partial charge on any atom is 0.278 e. The number of aryl methyl sites for hydroxylation is 2. The Morgan fingerprint density at radius 1 is 1.00 bits per heavy atom. The molecule has 7 nitrogen and oxygen atoms in total. The average Bonchev–Trinajstić information content (AvgIpc) is 3.16. The second-order valence-electron chi connectivity index (χ2n) is 6.56. The second-order valence-corrected chi connectivity index (χ2v) is 6.96. The van der Waals surface area contributed by atoms with Crippen molar-refractivity contribution in [3.8, 4) is 0 Å². The summed E-state index contributed by atoms with van der Waals surface area (Å²) in [6.45, 7) is 2.50. The summed E-state index contributed by atoms with van der Waals surface area (Å²) in [5.74, 6) is -0.566. The highest BCUT2D eigenvalue weighted by molar-refractivity contribution is 7.80. The first-order chi connectivity index (χ1) is 14.5. The van der Waals surface area contributed by atoms with Gasteiger partial charge in [-0.3, -0.25) is 14.3 Å². The van der Waals surface area contributed by atoms with Gasteiger partial charge in [-0.2, -0.15) is 5.10 Å². The lowest BCUT2D eigenvalue weighted by Crippen LogP contribution is -2.34. The van der Waals surface area contributed by atoms with E-state index in [0.717, 1.165) is 5.56 Å². The van der Waals surface area contributed by atoms with Gasteiger partial charge in [0.1, 0.15) is 0 Å². The van der Waals surface area contributed by atoms with Crippen LogP contribution in [0.25, 0.3) is 0 Å². The molecule has 3 rings (SSSR count). The molecular weight excluding hydrogens is 398 g/mol. The van der Waals surface area contributed by atoms with E-state index in [1.807, 2.05) is 55.5 Å². The third-order valence-corrected chi connectivity index (χ3v) is 4.52. The van der Waals surface area contributed by atoms with Crippen molar-refractivity contribution in [2.75, 3.05) is 10.6 Å². The van der Waals surface area contributed by atoms with E-state index in [-0.39, 0.29) is 22.6 Å². The van der Waals surface area contributed by atoms with Crippen molar-refractivity contribution in [1.29, 1.82) is 0 Å². The summed E-state index contributed by atoms with van der Waals surface area (Å²) in [7, 11) is 0. The lowest BCUT2D eigenvalue weighted by molar-refractivity contribution is -0.119. The Hall–Kier alpha value is -3.52. The number of rotatable bonds is 7. The molecule has 1 aromatic heterocycles. The van der Waals surface area contributed by atoms with Crippen molar-refractivity contribution in [2.24, 2.45) is 0 Å². The molecule has 1 heterocycles. The molecule has 0 aliphatic carbocycles. The van der Waals surface area contributed by atoms with E-state index >= 15 is 0 Å². The molecule has 0 aliphatic heterocycles. The summed E-state index contributed by atoms with van der Waals surface area (Å²) in [4.78, 5) is 24.9. The predicted molar refractivity (Wildman–Crippen MR) is 121 cm³/mol. The highest BCUT2D eigenvalue weighted by Crippen LogP contribution is 2.16. The van der Waals surface area contributed by atoms with Crippen LogP contribution in [0.3, 0.4) is 0 Å². The molecule has 30 heavy (non-hydrogen) atoms. The number of benzene rings is 2. The largest absolute Gasteiger partial charge is 0.329 e. The molecule has 0 saturated heterocycles. The quantitative estimate of drug-likeness (QED) is 0.508. The monoisotopic (exact) mass is 421 g/mol. The second kappa shape index (κ2) is 10.3. The molecule has 0 aliphatic rings. The lowest BCUT2D eigenvalue weighted by atomic mass is 10.1. The molecule has 2 aromatic carbocycles. The summed E-state index contributed by atoms with van der Waals surface area (Å²) in [6.07, 6.45) is 2.61. The van der Waals surface area contributed by atoms with Gasteiger partial charge in [-0.05, 0) is 43.3 Å². The number of para-hydroxylation sites is 1. The van der Waals surface area contributed by atoms with E-state index in [1.165, 1.54) is 0 Å². The first-order valence-corrected chi connectivity index (χ1v) is 10.0. The van der Waals surface area contributed by atoms with Gasteiger partial charge in [-0.25, -0.2) is 0 Å². The maximum absolute atomic E-state index is 12.7. The van der Waals surface area contributed by atoms with E-state index in [2.05, 4.69) is 21.0 Å². The van der Waals surface area contributed by atoms with Crippen LogP contribution in [0.4, 0.5) is 11.4 Å². The van der Waals surface area contributed by atoms with Crippen LogP contribution in [0.5, 0.6) is 0 Å². The first-order valence-electron chi connectivity index (χ1n) is 9.63. The summed E-state index contributed by atoms with van der Waals surface area (Å²) in [5.41, 5.74) is 2.37. The number of thiocarbonyl (C=S) groups is 1. The molecule has 0 bridgehead atoms. The van der Waals surface area contributed by atoms with Crippen molar-refractivity contribution < 1.29 is 9.59 Å². The number of amides is 2. The maximum atomic E-state index is 12.7. The molecule has 3 N–H and O–H groups in total. The Bertz CT molecular complexity index is 1020. The number of nitrogens with zero attached hydrogens (tertiary/aromatic N) is 2. The van der Waals surface area contributed by atoms with Gasteiger partial charge in [-0.1, -0.05) is 48.5 Å². The van der Waals surface area contributed by atoms with Crippen LogP contribution in [0.2, 0.25) is 0 Å². The minimum Gasteiger partial charge on any atom is -0.329 e. The van der Waals surface area contributed by atoms with Gasteiger partial charge in [0.2, 0.25) is 5.91 Å². The zero-order chi connectivity index (χ0) is 21.3. The van der Waals surface area contributed by atoms with E-state index in [0.29, 0.717) is 30.8 Å². The normalized spacial score (nSPS) is 10.3. The number of anilines is 2. The molecule has 154 valence electrons. The number of nitrogens with one attached hydrogen (secondary N) is 3. The van der Waals surface area contributed by atoms with Gasteiger partial charge in [0.05, 0.1) is 5.69 Å². The van der Waals surface area contributed by atoms with Crippen LogP contribution in [0.15, 0.2) is 66.9 Å². The predicted octanol–water partition coefficient (Wildman–Crippen LogP) is 3.60. The Morgan fingerprint density at radius 3 is 2.33 bits per heavy atom. The highest BCUT2D eigenvalue weighted by Gasteiger charge is 2.18. The molecule has 0 unspecified atom stereocenters. The molecule has 0 atom stereocenters. The first kappa shape index (κ1) is 21.2. The number of aromatic nitrogens is 2. The van der Waals surface area contributed by atoms with Crippen LogP contribution in [0, 0.1) is 0 Å². The molecule has 2 amide bonds. The van der Waals surface area contributed by atoms with Crippen LogP contribution in [0.1, 0.15) is 29.4 Å². The van der Waals surface area contributed by atoms with E-state index in [1.54, 1.807) is 23.0 Å². The van der Waals surface area contributed by atoms with Crippen LogP contribution < -0.4 is 16.0 Å².